The lowest BCUT2D eigenvalue weighted by molar-refractivity contribution is -0.137. The van der Waals surface area contributed by atoms with Gasteiger partial charge in [0.05, 0.1) is 17.0 Å². The van der Waals surface area contributed by atoms with Crippen LogP contribution in [0.3, 0.4) is 0 Å². The molecule has 3 aromatic rings. The molecule has 36 heavy (non-hydrogen) atoms. The SMILES string of the molecule is O=C(O)CC(c1cccnc1)S(=O)(=O)c1ccccc1NC(=O)c1cccc(NC2=NCCCN2)c1. The smallest absolute Gasteiger partial charge is 0.305 e. The molecule has 0 fully saturated rings. The van der Waals surface area contributed by atoms with Crippen molar-refractivity contribution in [3.05, 3.63) is 84.2 Å². The van der Waals surface area contributed by atoms with E-state index in [0.717, 1.165) is 13.0 Å². The van der Waals surface area contributed by atoms with E-state index < -0.39 is 33.4 Å². The molecule has 1 amide bonds. The molecule has 10 nitrogen and oxygen atoms in total. The van der Waals surface area contributed by atoms with Gasteiger partial charge >= 0.3 is 5.97 Å². The zero-order valence-electron chi connectivity index (χ0n) is 19.2. The van der Waals surface area contributed by atoms with Gasteiger partial charge in [-0.2, -0.15) is 0 Å². The van der Waals surface area contributed by atoms with Crippen molar-refractivity contribution in [1.29, 1.82) is 0 Å². The molecule has 4 N–H and O–H groups in total. The number of para-hydroxylation sites is 1. The number of nitrogens with zero attached hydrogens (tertiary/aromatic N) is 2. The number of pyridine rings is 1. The number of carboxylic acid groups (broad SMARTS) is 1. The van der Waals surface area contributed by atoms with Crippen LogP contribution in [0.25, 0.3) is 0 Å². The number of carbonyl (C=O) groups excluding carboxylic acids is 1. The number of aromatic nitrogens is 1. The third kappa shape index (κ3) is 5.87. The molecule has 0 aliphatic carbocycles. The Kier molecular flexibility index (Phi) is 7.59. The highest BCUT2D eigenvalue weighted by atomic mass is 32.2. The monoisotopic (exact) mass is 507 g/mol. The molecule has 4 rings (SSSR count). The minimum Gasteiger partial charge on any atom is -0.481 e. The Labute approximate surface area is 208 Å². The lowest BCUT2D eigenvalue weighted by atomic mass is 10.1. The molecular weight excluding hydrogens is 482 g/mol. The highest BCUT2D eigenvalue weighted by Crippen LogP contribution is 2.35. The van der Waals surface area contributed by atoms with Crippen molar-refractivity contribution in [2.24, 2.45) is 4.99 Å². The number of sulfone groups is 1. The molecule has 0 radical (unpaired) electrons. The van der Waals surface area contributed by atoms with Gasteiger partial charge < -0.3 is 21.1 Å². The quantitative estimate of drug-likeness (QED) is 0.363. The van der Waals surface area contributed by atoms with Crippen molar-refractivity contribution >= 4 is 39.0 Å². The van der Waals surface area contributed by atoms with Crippen molar-refractivity contribution in [2.75, 3.05) is 23.7 Å². The number of benzene rings is 2. The largest absolute Gasteiger partial charge is 0.481 e. The highest BCUT2D eigenvalue weighted by molar-refractivity contribution is 7.91. The first kappa shape index (κ1) is 24.9. The van der Waals surface area contributed by atoms with Gasteiger partial charge in [0.25, 0.3) is 5.91 Å². The predicted octanol–water partition coefficient (Wildman–Crippen LogP) is 3.08. The van der Waals surface area contributed by atoms with E-state index in [-0.39, 0.29) is 16.1 Å². The molecule has 0 spiro atoms. The van der Waals surface area contributed by atoms with Crippen molar-refractivity contribution < 1.29 is 23.1 Å². The summed E-state index contributed by atoms with van der Waals surface area (Å²) in [5, 5.41) is 17.0. The number of anilines is 2. The number of carbonyl (C=O) groups is 2. The topological polar surface area (TPSA) is 150 Å². The molecule has 1 aliphatic rings. The lowest BCUT2D eigenvalue weighted by Crippen LogP contribution is -2.35. The van der Waals surface area contributed by atoms with Gasteiger partial charge in [-0.25, -0.2) is 8.42 Å². The fourth-order valence-electron chi connectivity index (χ4n) is 3.79. The van der Waals surface area contributed by atoms with Crippen LogP contribution in [0, 0.1) is 0 Å². The molecule has 2 heterocycles. The summed E-state index contributed by atoms with van der Waals surface area (Å²) in [5.41, 5.74) is 1.25. The van der Waals surface area contributed by atoms with Gasteiger partial charge in [0.2, 0.25) is 0 Å². The number of hydrogen-bond donors (Lipinski definition) is 4. The fraction of sp³-hybridized carbons (Fsp3) is 0.200. The normalized spacial score (nSPS) is 14.2. The van der Waals surface area contributed by atoms with Gasteiger partial charge in [0.15, 0.2) is 15.8 Å². The number of rotatable bonds is 8. The molecule has 0 saturated carbocycles. The van der Waals surface area contributed by atoms with Gasteiger partial charge in [-0.05, 0) is 48.4 Å². The average Bonchev–Trinajstić information content (AvgIpc) is 2.88. The molecule has 1 unspecified atom stereocenters. The summed E-state index contributed by atoms with van der Waals surface area (Å²) < 4.78 is 27.2. The van der Waals surface area contributed by atoms with Crippen LogP contribution in [-0.2, 0) is 14.6 Å². The van der Waals surface area contributed by atoms with Crippen molar-refractivity contribution in [3.63, 3.8) is 0 Å². The molecule has 1 aromatic heterocycles. The maximum absolute atomic E-state index is 13.6. The molecule has 186 valence electrons. The van der Waals surface area contributed by atoms with E-state index in [1.807, 2.05) is 0 Å². The standard InChI is InChI=1S/C25H25N5O5S/c31-23(32)15-22(18-7-4-11-26-16-18)36(34,35)21-10-2-1-9-20(21)30-24(33)17-6-3-8-19(14-17)29-25-27-12-5-13-28-25/h1-4,6-11,14,16,22H,5,12-13,15H2,(H,30,33)(H,31,32)(H2,27,28,29). The third-order valence-electron chi connectivity index (χ3n) is 5.52. The lowest BCUT2D eigenvalue weighted by Gasteiger charge is -2.19. The number of carboxylic acids is 1. The molecule has 0 saturated heterocycles. The minimum absolute atomic E-state index is 0.0541. The van der Waals surface area contributed by atoms with Gasteiger partial charge in [-0.3, -0.25) is 19.6 Å². The summed E-state index contributed by atoms with van der Waals surface area (Å²) in [5.74, 6) is -1.17. The number of nitrogens with one attached hydrogen (secondary N) is 3. The Balaban J connectivity index is 1.61. The van der Waals surface area contributed by atoms with E-state index in [0.29, 0.717) is 23.8 Å². The summed E-state index contributed by atoms with van der Waals surface area (Å²) in [6, 6.07) is 15.7. The first-order valence-corrected chi connectivity index (χ1v) is 12.8. The van der Waals surface area contributed by atoms with Crippen LogP contribution < -0.4 is 16.0 Å². The number of hydrogen-bond acceptors (Lipinski definition) is 8. The van der Waals surface area contributed by atoms with E-state index in [1.54, 1.807) is 36.4 Å². The van der Waals surface area contributed by atoms with Crippen LogP contribution in [0.15, 0.2) is 82.9 Å². The second kappa shape index (κ2) is 11.0. The van der Waals surface area contributed by atoms with Gasteiger partial charge in [0, 0.05) is 36.7 Å². The maximum Gasteiger partial charge on any atom is 0.305 e. The van der Waals surface area contributed by atoms with Gasteiger partial charge in [-0.15, -0.1) is 0 Å². The van der Waals surface area contributed by atoms with Crippen LogP contribution >= 0.6 is 0 Å². The summed E-state index contributed by atoms with van der Waals surface area (Å²) in [4.78, 5) is 32.7. The predicted molar refractivity (Wildman–Crippen MR) is 136 cm³/mol. The second-order valence-electron chi connectivity index (χ2n) is 8.08. The Morgan fingerprint density at radius 2 is 1.92 bits per heavy atom. The first-order chi connectivity index (χ1) is 17.3. The highest BCUT2D eigenvalue weighted by Gasteiger charge is 2.33. The van der Waals surface area contributed by atoms with Crippen molar-refractivity contribution in [3.8, 4) is 0 Å². The van der Waals surface area contributed by atoms with Gasteiger partial charge in [0.1, 0.15) is 5.25 Å². The molecule has 11 heteroatoms. The van der Waals surface area contributed by atoms with Crippen LogP contribution in [0.1, 0.15) is 34.0 Å². The van der Waals surface area contributed by atoms with Gasteiger partial charge in [-0.1, -0.05) is 24.3 Å². The molecular formula is C25H25N5O5S. The minimum atomic E-state index is -4.21. The number of aliphatic carboxylic acids is 1. The van der Waals surface area contributed by atoms with E-state index in [2.05, 4.69) is 25.9 Å². The summed E-state index contributed by atoms with van der Waals surface area (Å²) in [7, 11) is -4.21. The van der Waals surface area contributed by atoms with E-state index in [1.165, 1.54) is 36.7 Å². The molecule has 0 bridgehead atoms. The van der Waals surface area contributed by atoms with E-state index in [9.17, 15) is 23.1 Å². The number of aliphatic imine (C=N–C) groups is 1. The van der Waals surface area contributed by atoms with Crippen LogP contribution in [-0.4, -0.2) is 49.4 Å². The van der Waals surface area contributed by atoms with E-state index >= 15 is 0 Å². The Hall–Kier alpha value is -4.25. The van der Waals surface area contributed by atoms with E-state index in [4.69, 9.17) is 0 Å². The Morgan fingerprint density at radius 1 is 1.08 bits per heavy atom. The maximum atomic E-state index is 13.6. The summed E-state index contributed by atoms with van der Waals surface area (Å²) in [6.07, 6.45) is 3.10. The van der Waals surface area contributed by atoms with Crippen LogP contribution in [0.4, 0.5) is 11.4 Å². The average molecular weight is 508 g/mol. The van der Waals surface area contributed by atoms with Crippen molar-refractivity contribution in [2.45, 2.75) is 23.0 Å². The molecule has 1 atom stereocenters. The number of guanidine groups is 1. The Morgan fingerprint density at radius 3 is 2.64 bits per heavy atom. The summed E-state index contributed by atoms with van der Waals surface area (Å²) in [6.45, 7) is 1.52. The number of amides is 1. The van der Waals surface area contributed by atoms with Crippen molar-refractivity contribution in [1.82, 2.24) is 10.3 Å². The van der Waals surface area contributed by atoms with Crippen LogP contribution in [0.5, 0.6) is 0 Å². The Bertz CT molecular complexity index is 1390. The first-order valence-electron chi connectivity index (χ1n) is 11.3. The molecule has 1 aliphatic heterocycles. The summed E-state index contributed by atoms with van der Waals surface area (Å²) >= 11 is 0. The molecule has 2 aromatic carbocycles. The zero-order chi connectivity index (χ0) is 25.5. The fourth-order valence-corrected chi connectivity index (χ4v) is 5.65. The zero-order valence-corrected chi connectivity index (χ0v) is 20.0. The second-order valence-corrected chi connectivity index (χ2v) is 10.2. The third-order valence-corrected chi connectivity index (χ3v) is 7.67. The van der Waals surface area contributed by atoms with Crippen LogP contribution in [0.2, 0.25) is 0 Å².